The summed E-state index contributed by atoms with van der Waals surface area (Å²) in [5.41, 5.74) is 2.83. The SMILES string of the molecule is CCC(CO)NC1CCc2cc(Br)ccc21. The summed E-state index contributed by atoms with van der Waals surface area (Å²) < 4.78 is 1.15. The molecule has 2 nitrogen and oxygen atoms in total. The number of hydrogen-bond acceptors (Lipinski definition) is 2. The zero-order chi connectivity index (χ0) is 11.5. The van der Waals surface area contributed by atoms with Gasteiger partial charge < -0.3 is 10.4 Å². The zero-order valence-corrected chi connectivity index (χ0v) is 11.1. The Morgan fingerprint density at radius 2 is 2.38 bits per heavy atom. The number of aliphatic hydroxyl groups is 1. The van der Waals surface area contributed by atoms with Gasteiger partial charge in [0.05, 0.1) is 6.61 Å². The Balaban J connectivity index is 2.11. The average Bonchev–Trinajstić information content (AvgIpc) is 2.68. The lowest BCUT2D eigenvalue weighted by Crippen LogP contribution is -2.34. The smallest absolute Gasteiger partial charge is 0.0584 e. The van der Waals surface area contributed by atoms with Crippen molar-refractivity contribution in [2.24, 2.45) is 0 Å². The Morgan fingerprint density at radius 3 is 3.06 bits per heavy atom. The number of fused-ring (bicyclic) bond motifs is 1. The summed E-state index contributed by atoms with van der Waals surface area (Å²) in [6.45, 7) is 2.32. The van der Waals surface area contributed by atoms with Crippen molar-refractivity contribution >= 4 is 15.9 Å². The molecule has 0 spiro atoms. The lowest BCUT2D eigenvalue weighted by atomic mass is 10.1. The molecule has 0 radical (unpaired) electrons. The number of rotatable bonds is 4. The number of benzene rings is 1. The Hall–Kier alpha value is -0.380. The van der Waals surface area contributed by atoms with Gasteiger partial charge in [0.15, 0.2) is 0 Å². The molecule has 0 saturated carbocycles. The highest BCUT2D eigenvalue weighted by molar-refractivity contribution is 9.10. The van der Waals surface area contributed by atoms with Crippen LogP contribution < -0.4 is 5.32 Å². The maximum atomic E-state index is 9.21. The van der Waals surface area contributed by atoms with E-state index in [1.807, 2.05) is 0 Å². The molecule has 1 aromatic rings. The first-order valence-corrected chi connectivity index (χ1v) is 6.69. The minimum atomic E-state index is 0.221. The van der Waals surface area contributed by atoms with Gasteiger partial charge in [-0.1, -0.05) is 28.9 Å². The molecular weight excluding hydrogens is 266 g/mol. The molecule has 2 unspecified atom stereocenters. The van der Waals surface area contributed by atoms with E-state index in [9.17, 15) is 5.11 Å². The number of aliphatic hydroxyl groups excluding tert-OH is 1. The van der Waals surface area contributed by atoms with Crippen LogP contribution in [0.4, 0.5) is 0 Å². The second-order valence-corrected chi connectivity index (χ2v) is 5.30. The van der Waals surface area contributed by atoms with Crippen LogP contribution in [0.3, 0.4) is 0 Å². The number of hydrogen-bond donors (Lipinski definition) is 2. The van der Waals surface area contributed by atoms with Gasteiger partial charge in [0.2, 0.25) is 0 Å². The van der Waals surface area contributed by atoms with Gasteiger partial charge in [0.25, 0.3) is 0 Å². The van der Waals surface area contributed by atoms with Crippen LogP contribution in [0.2, 0.25) is 0 Å². The van der Waals surface area contributed by atoms with Crippen LogP contribution in [0.1, 0.15) is 36.9 Å². The molecule has 0 bridgehead atoms. The molecule has 0 amide bonds. The molecule has 1 aliphatic rings. The molecule has 1 aromatic carbocycles. The van der Waals surface area contributed by atoms with Crippen molar-refractivity contribution in [2.45, 2.75) is 38.3 Å². The first kappa shape index (κ1) is 12.1. The monoisotopic (exact) mass is 283 g/mol. The van der Waals surface area contributed by atoms with Gasteiger partial charge in [-0.3, -0.25) is 0 Å². The van der Waals surface area contributed by atoms with Gasteiger partial charge in [-0.2, -0.15) is 0 Å². The molecule has 88 valence electrons. The predicted octanol–water partition coefficient (Wildman–Crippen LogP) is 2.80. The van der Waals surface area contributed by atoms with Gasteiger partial charge in [0.1, 0.15) is 0 Å². The molecule has 3 heteroatoms. The molecule has 0 aliphatic heterocycles. The van der Waals surface area contributed by atoms with Crippen molar-refractivity contribution < 1.29 is 5.11 Å². The van der Waals surface area contributed by atoms with Gasteiger partial charge >= 0.3 is 0 Å². The highest BCUT2D eigenvalue weighted by Crippen LogP contribution is 2.33. The van der Waals surface area contributed by atoms with Crippen molar-refractivity contribution in [3.63, 3.8) is 0 Å². The highest BCUT2D eigenvalue weighted by Gasteiger charge is 2.23. The Morgan fingerprint density at radius 1 is 1.56 bits per heavy atom. The zero-order valence-electron chi connectivity index (χ0n) is 9.54. The minimum absolute atomic E-state index is 0.221. The topological polar surface area (TPSA) is 32.3 Å². The van der Waals surface area contributed by atoms with Crippen LogP contribution in [-0.4, -0.2) is 17.8 Å². The third-order valence-electron chi connectivity index (χ3n) is 3.33. The minimum Gasteiger partial charge on any atom is -0.395 e. The van der Waals surface area contributed by atoms with E-state index in [4.69, 9.17) is 0 Å². The second-order valence-electron chi connectivity index (χ2n) is 4.39. The Labute approximate surface area is 105 Å². The summed E-state index contributed by atoms with van der Waals surface area (Å²) in [7, 11) is 0. The summed E-state index contributed by atoms with van der Waals surface area (Å²) in [6.07, 6.45) is 3.25. The summed E-state index contributed by atoms with van der Waals surface area (Å²) in [5.74, 6) is 0. The predicted molar refractivity (Wildman–Crippen MR) is 69.5 cm³/mol. The molecule has 0 fully saturated rings. The summed E-state index contributed by atoms with van der Waals surface area (Å²) in [5, 5.41) is 12.7. The summed E-state index contributed by atoms with van der Waals surface area (Å²) >= 11 is 3.50. The first-order valence-electron chi connectivity index (χ1n) is 5.89. The van der Waals surface area contributed by atoms with Gasteiger partial charge in [0, 0.05) is 16.6 Å². The molecular formula is C13H18BrNO. The second kappa shape index (κ2) is 5.30. The van der Waals surface area contributed by atoms with E-state index in [-0.39, 0.29) is 12.6 Å². The number of aryl methyl sites for hydroxylation is 1. The standard InChI is InChI=1S/C13H18BrNO/c1-2-11(8-16)15-13-6-3-9-7-10(14)4-5-12(9)13/h4-5,7,11,13,15-16H,2-3,6,8H2,1H3. The van der Waals surface area contributed by atoms with Gasteiger partial charge in [-0.25, -0.2) is 0 Å². The van der Waals surface area contributed by atoms with Crippen LogP contribution >= 0.6 is 15.9 Å². The largest absolute Gasteiger partial charge is 0.395 e. The molecule has 0 aromatic heterocycles. The normalized spacial score (nSPS) is 20.8. The maximum Gasteiger partial charge on any atom is 0.0584 e. The number of halogens is 1. The fourth-order valence-corrected chi connectivity index (χ4v) is 2.75. The van der Waals surface area contributed by atoms with Gasteiger partial charge in [-0.05, 0) is 42.5 Å². The Kier molecular flexibility index (Phi) is 4.00. The van der Waals surface area contributed by atoms with Crippen LogP contribution in [0.25, 0.3) is 0 Å². The molecule has 2 rings (SSSR count). The van der Waals surface area contributed by atoms with E-state index in [1.54, 1.807) is 0 Å². The van der Waals surface area contributed by atoms with E-state index in [0.29, 0.717) is 6.04 Å². The van der Waals surface area contributed by atoms with Crippen molar-refractivity contribution in [1.82, 2.24) is 5.32 Å². The first-order chi connectivity index (χ1) is 7.74. The third-order valence-corrected chi connectivity index (χ3v) is 3.83. The van der Waals surface area contributed by atoms with Crippen molar-refractivity contribution in [1.29, 1.82) is 0 Å². The number of nitrogens with one attached hydrogen (secondary N) is 1. The fourth-order valence-electron chi connectivity index (χ4n) is 2.34. The fraction of sp³-hybridized carbons (Fsp3) is 0.538. The maximum absolute atomic E-state index is 9.21. The van der Waals surface area contributed by atoms with Crippen LogP contribution in [0, 0.1) is 0 Å². The van der Waals surface area contributed by atoms with Crippen LogP contribution in [-0.2, 0) is 6.42 Å². The van der Waals surface area contributed by atoms with Crippen molar-refractivity contribution in [2.75, 3.05) is 6.61 Å². The molecule has 2 N–H and O–H groups in total. The molecule has 0 heterocycles. The molecule has 1 aliphatic carbocycles. The van der Waals surface area contributed by atoms with Crippen molar-refractivity contribution in [3.8, 4) is 0 Å². The summed E-state index contributed by atoms with van der Waals surface area (Å²) in [4.78, 5) is 0. The highest BCUT2D eigenvalue weighted by atomic mass is 79.9. The van der Waals surface area contributed by atoms with E-state index < -0.39 is 0 Å². The van der Waals surface area contributed by atoms with E-state index in [0.717, 1.165) is 23.7 Å². The summed E-state index contributed by atoms with van der Waals surface area (Å²) in [6, 6.07) is 7.13. The molecule has 16 heavy (non-hydrogen) atoms. The molecule has 0 saturated heterocycles. The van der Waals surface area contributed by atoms with Crippen LogP contribution in [0.5, 0.6) is 0 Å². The lowest BCUT2D eigenvalue weighted by molar-refractivity contribution is 0.227. The van der Waals surface area contributed by atoms with E-state index in [1.165, 1.54) is 11.1 Å². The van der Waals surface area contributed by atoms with Gasteiger partial charge in [-0.15, -0.1) is 0 Å². The Bertz CT molecular complexity index is 363. The quantitative estimate of drug-likeness (QED) is 0.891. The van der Waals surface area contributed by atoms with Crippen molar-refractivity contribution in [3.05, 3.63) is 33.8 Å². The average molecular weight is 284 g/mol. The third kappa shape index (κ3) is 2.47. The van der Waals surface area contributed by atoms with E-state index >= 15 is 0 Å². The van der Waals surface area contributed by atoms with E-state index in [2.05, 4.69) is 46.4 Å². The molecule has 2 atom stereocenters. The van der Waals surface area contributed by atoms with Crippen LogP contribution in [0.15, 0.2) is 22.7 Å². The lowest BCUT2D eigenvalue weighted by Gasteiger charge is -2.20.